The van der Waals surface area contributed by atoms with Gasteiger partial charge in [-0.05, 0) is 62.7 Å². The SMILES string of the molecule is CCOP(=O)(OCC)C(Nc1ncccn1)c1ccc2c(c1)c1cc(C=O)ccc1n2CC. The van der Waals surface area contributed by atoms with Gasteiger partial charge in [-0.25, -0.2) is 9.97 Å². The maximum atomic E-state index is 13.9. The van der Waals surface area contributed by atoms with Gasteiger partial charge in [0, 0.05) is 46.3 Å². The first-order chi connectivity index (χ1) is 16.0. The van der Waals surface area contributed by atoms with Crippen LogP contribution in [-0.4, -0.2) is 34.0 Å². The Balaban J connectivity index is 1.93. The molecule has 0 bridgehead atoms. The van der Waals surface area contributed by atoms with E-state index in [0.717, 1.165) is 34.6 Å². The smallest absolute Gasteiger partial charge is 0.341 e. The van der Waals surface area contributed by atoms with Crippen LogP contribution >= 0.6 is 7.60 Å². The Hall–Kier alpha value is -3.06. The van der Waals surface area contributed by atoms with Crippen LogP contribution in [0.15, 0.2) is 54.9 Å². The van der Waals surface area contributed by atoms with Gasteiger partial charge in [-0.1, -0.05) is 6.07 Å². The molecule has 172 valence electrons. The molecule has 1 N–H and O–H groups in total. The molecule has 0 aliphatic carbocycles. The van der Waals surface area contributed by atoms with Crippen LogP contribution in [0.4, 0.5) is 5.95 Å². The lowest BCUT2D eigenvalue weighted by Gasteiger charge is -2.27. The Morgan fingerprint density at radius 3 is 2.24 bits per heavy atom. The lowest BCUT2D eigenvalue weighted by atomic mass is 10.1. The third kappa shape index (κ3) is 4.42. The molecular formula is C24H27N4O4P. The Morgan fingerprint density at radius 2 is 1.64 bits per heavy atom. The summed E-state index contributed by atoms with van der Waals surface area (Å²) in [4.78, 5) is 19.9. The highest BCUT2D eigenvalue weighted by molar-refractivity contribution is 7.54. The predicted octanol–water partition coefficient (Wildman–Crippen LogP) is 5.79. The van der Waals surface area contributed by atoms with E-state index in [1.807, 2.05) is 36.4 Å². The number of anilines is 1. The fraction of sp³-hybridized carbons (Fsp3) is 0.292. The maximum Gasteiger partial charge on any atom is 0.357 e. The molecule has 2 aromatic carbocycles. The van der Waals surface area contributed by atoms with Crippen molar-refractivity contribution in [1.82, 2.24) is 14.5 Å². The molecule has 8 nitrogen and oxygen atoms in total. The molecule has 1 unspecified atom stereocenters. The third-order valence-electron chi connectivity index (χ3n) is 5.45. The molecule has 0 saturated carbocycles. The second-order valence-corrected chi connectivity index (χ2v) is 9.52. The Morgan fingerprint density at radius 1 is 1.00 bits per heavy atom. The van der Waals surface area contributed by atoms with E-state index in [1.54, 1.807) is 32.3 Å². The van der Waals surface area contributed by atoms with Gasteiger partial charge >= 0.3 is 7.60 Å². The van der Waals surface area contributed by atoms with Crippen LogP contribution in [0.25, 0.3) is 21.8 Å². The first-order valence-corrected chi connectivity index (χ1v) is 12.6. The van der Waals surface area contributed by atoms with Crippen LogP contribution in [0.1, 0.15) is 42.5 Å². The van der Waals surface area contributed by atoms with Gasteiger partial charge in [0.1, 0.15) is 6.29 Å². The molecule has 2 heterocycles. The number of benzene rings is 2. The zero-order valence-electron chi connectivity index (χ0n) is 18.9. The molecule has 4 aromatic rings. The first kappa shape index (κ1) is 23.1. The van der Waals surface area contributed by atoms with Crippen molar-refractivity contribution < 1.29 is 18.4 Å². The third-order valence-corrected chi connectivity index (χ3v) is 7.74. The van der Waals surface area contributed by atoms with E-state index in [-0.39, 0.29) is 13.2 Å². The van der Waals surface area contributed by atoms with Crippen molar-refractivity contribution in [3.05, 3.63) is 66.0 Å². The summed E-state index contributed by atoms with van der Waals surface area (Å²) < 4.78 is 27.4. The average Bonchev–Trinajstić information content (AvgIpc) is 3.15. The molecule has 33 heavy (non-hydrogen) atoms. The highest BCUT2D eigenvalue weighted by atomic mass is 31.2. The van der Waals surface area contributed by atoms with Gasteiger partial charge in [-0.3, -0.25) is 9.36 Å². The van der Waals surface area contributed by atoms with E-state index in [2.05, 4.69) is 26.8 Å². The molecule has 0 saturated heterocycles. The summed E-state index contributed by atoms with van der Waals surface area (Å²) in [7, 11) is -3.62. The van der Waals surface area contributed by atoms with Gasteiger partial charge in [0.05, 0.1) is 13.2 Å². The van der Waals surface area contributed by atoms with Gasteiger partial charge in [-0.15, -0.1) is 0 Å². The van der Waals surface area contributed by atoms with Gasteiger partial charge < -0.3 is 18.9 Å². The molecule has 4 rings (SSSR count). The van der Waals surface area contributed by atoms with Crippen molar-refractivity contribution in [3.63, 3.8) is 0 Å². The molecule has 0 aliphatic rings. The quantitative estimate of drug-likeness (QED) is 0.233. The number of rotatable bonds is 10. The number of nitrogens with one attached hydrogen (secondary N) is 1. The van der Waals surface area contributed by atoms with Crippen molar-refractivity contribution in [2.24, 2.45) is 0 Å². The van der Waals surface area contributed by atoms with Crippen molar-refractivity contribution in [1.29, 1.82) is 0 Å². The second kappa shape index (κ2) is 9.83. The highest BCUT2D eigenvalue weighted by Crippen LogP contribution is 2.60. The van der Waals surface area contributed by atoms with Crippen molar-refractivity contribution in [2.75, 3.05) is 18.5 Å². The summed E-state index contributed by atoms with van der Waals surface area (Å²) in [5.41, 5.74) is 3.37. The van der Waals surface area contributed by atoms with Crippen LogP contribution < -0.4 is 5.32 Å². The van der Waals surface area contributed by atoms with E-state index in [0.29, 0.717) is 17.1 Å². The van der Waals surface area contributed by atoms with Crippen molar-refractivity contribution >= 4 is 41.6 Å². The number of hydrogen-bond acceptors (Lipinski definition) is 7. The molecule has 0 radical (unpaired) electrons. The van der Waals surface area contributed by atoms with Crippen molar-refractivity contribution in [2.45, 2.75) is 33.1 Å². The largest absolute Gasteiger partial charge is 0.357 e. The van der Waals surface area contributed by atoms with Crippen molar-refractivity contribution in [3.8, 4) is 0 Å². The second-order valence-electron chi connectivity index (χ2n) is 7.41. The summed E-state index contributed by atoms with van der Waals surface area (Å²) in [5.74, 6) is -0.500. The highest BCUT2D eigenvalue weighted by Gasteiger charge is 2.38. The average molecular weight is 466 g/mol. The minimum atomic E-state index is -3.62. The number of aldehydes is 1. The molecular weight excluding hydrogens is 439 g/mol. The van der Waals surface area contributed by atoms with E-state index >= 15 is 0 Å². The van der Waals surface area contributed by atoms with Gasteiger partial charge in [0.2, 0.25) is 5.95 Å². The minimum absolute atomic E-state index is 0.227. The van der Waals surface area contributed by atoms with E-state index in [4.69, 9.17) is 9.05 Å². The Labute approximate surface area is 192 Å². The lowest BCUT2D eigenvalue weighted by Crippen LogP contribution is -2.16. The van der Waals surface area contributed by atoms with E-state index in [1.165, 1.54) is 0 Å². The van der Waals surface area contributed by atoms with E-state index < -0.39 is 13.4 Å². The zero-order valence-corrected chi connectivity index (χ0v) is 19.8. The molecule has 1 atom stereocenters. The fourth-order valence-corrected chi connectivity index (χ4v) is 6.00. The first-order valence-electron chi connectivity index (χ1n) is 11.0. The molecule has 9 heteroatoms. The van der Waals surface area contributed by atoms with Crippen LogP contribution in [0.3, 0.4) is 0 Å². The minimum Gasteiger partial charge on any atom is -0.341 e. The predicted molar refractivity (Wildman–Crippen MR) is 130 cm³/mol. The topological polar surface area (TPSA) is 95.3 Å². The Bertz CT molecular complexity index is 1310. The number of carbonyl (C=O) groups excluding carboxylic acids is 1. The number of nitrogens with zero attached hydrogens (tertiary/aromatic N) is 3. The van der Waals surface area contributed by atoms with Crippen LogP contribution in [-0.2, 0) is 20.2 Å². The normalized spacial score (nSPS) is 12.8. The number of aromatic nitrogens is 3. The molecule has 0 amide bonds. The standard InChI is InChI=1S/C24H27N4O4P/c1-4-28-21-10-8-17(16-29)14-19(21)20-15-18(9-11-22(20)28)23(27-24-25-12-7-13-26-24)33(30,31-5-2)32-6-3/h7-16,23H,4-6H2,1-3H3,(H,25,26,27). The molecule has 0 spiro atoms. The molecule has 0 aliphatic heterocycles. The van der Waals surface area contributed by atoms with Crippen LogP contribution in [0.5, 0.6) is 0 Å². The van der Waals surface area contributed by atoms with E-state index in [9.17, 15) is 9.36 Å². The van der Waals surface area contributed by atoms with Gasteiger partial charge in [0.15, 0.2) is 5.78 Å². The number of fused-ring (bicyclic) bond motifs is 3. The monoisotopic (exact) mass is 466 g/mol. The molecule has 2 aromatic heterocycles. The van der Waals surface area contributed by atoms with Gasteiger partial charge in [0.25, 0.3) is 0 Å². The van der Waals surface area contributed by atoms with Crippen LogP contribution in [0.2, 0.25) is 0 Å². The van der Waals surface area contributed by atoms with Crippen LogP contribution in [0, 0.1) is 0 Å². The zero-order chi connectivity index (χ0) is 23.4. The van der Waals surface area contributed by atoms with Gasteiger partial charge in [-0.2, -0.15) is 0 Å². The summed E-state index contributed by atoms with van der Waals surface area (Å²) >= 11 is 0. The number of hydrogen-bond donors (Lipinski definition) is 1. The lowest BCUT2D eigenvalue weighted by molar-refractivity contribution is 0.112. The summed E-state index contributed by atoms with van der Waals surface area (Å²) in [6, 6.07) is 13.3. The summed E-state index contributed by atoms with van der Waals surface area (Å²) in [6.45, 7) is 6.86. The Kier molecular flexibility index (Phi) is 6.88. The number of aryl methyl sites for hydroxylation is 1. The maximum absolute atomic E-state index is 13.9. The summed E-state index contributed by atoms with van der Waals surface area (Å²) in [6.07, 6.45) is 4.06. The number of carbonyl (C=O) groups is 1. The summed E-state index contributed by atoms with van der Waals surface area (Å²) in [5, 5.41) is 5.07. The molecule has 0 fully saturated rings. The fourth-order valence-electron chi connectivity index (χ4n) is 4.11.